The molecule has 0 radical (unpaired) electrons. The van der Waals surface area contributed by atoms with Crippen LogP contribution in [0.25, 0.3) is 10.9 Å². The van der Waals surface area contributed by atoms with Gasteiger partial charge in [-0.2, -0.15) is 0 Å². The minimum Gasteiger partial charge on any atom is -0.390 e. The summed E-state index contributed by atoms with van der Waals surface area (Å²) in [4.78, 5) is 6.79. The van der Waals surface area contributed by atoms with Gasteiger partial charge in [0.2, 0.25) is 0 Å². The third-order valence-corrected chi connectivity index (χ3v) is 3.13. The van der Waals surface area contributed by atoms with Crippen molar-refractivity contribution in [2.45, 2.75) is 26.9 Å². The summed E-state index contributed by atoms with van der Waals surface area (Å²) in [6.07, 6.45) is 1.11. The fraction of sp³-hybridized carbons (Fsp3) is 0.400. The SMILES string of the molecule is CCCN(CC)c1cc(CO)nc2ccccc12. The Labute approximate surface area is 108 Å². The Morgan fingerprint density at radius 2 is 2.00 bits per heavy atom. The minimum atomic E-state index is -0.0124. The number of hydrogen-bond donors (Lipinski definition) is 1. The maximum absolute atomic E-state index is 9.32. The van der Waals surface area contributed by atoms with Gasteiger partial charge in [-0.25, -0.2) is 0 Å². The molecule has 18 heavy (non-hydrogen) atoms. The van der Waals surface area contributed by atoms with Crippen molar-refractivity contribution in [3.63, 3.8) is 0 Å². The van der Waals surface area contributed by atoms with Crippen LogP contribution in [0.3, 0.4) is 0 Å². The molecule has 0 bridgehead atoms. The van der Waals surface area contributed by atoms with Crippen molar-refractivity contribution in [1.82, 2.24) is 4.98 Å². The van der Waals surface area contributed by atoms with E-state index in [4.69, 9.17) is 0 Å². The van der Waals surface area contributed by atoms with E-state index in [-0.39, 0.29) is 6.61 Å². The molecular formula is C15H20N2O. The predicted molar refractivity (Wildman–Crippen MR) is 75.8 cm³/mol. The largest absolute Gasteiger partial charge is 0.390 e. The summed E-state index contributed by atoms with van der Waals surface area (Å²) in [5.41, 5.74) is 2.86. The lowest BCUT2D eigenvalue weighted by Gasteiger charge is -2.24. The summed E-state index contributed by atoms with van der Waals surface area (Å²) in [5, 5.41) is 10.5. The van der Waals surface area contributed by atoms with Gasteiger partial charge in [0.1, 0.15) is 0 Å². The molecule has 0 saturated heterocycles. The Bertz CT molecular complexity index is 525. The molecule has 3 nitrogen and oxygen atoms in total. The summed E-state index contributed by atoms with van der Waals surface area (Å²) in [6.45, 7) is 6.31. The second-order valence-corrected chi connectivity index (χ2v) is 4.39. The molecule has 0 aliphatic carbocycles. The maximum Gasteiger partial charge on any atom is 0.0854 e. The van der Waals surface area contributed by atoms with Crippen molar-refractivity contribution >= 4 is 16.6 Å². The third kappa shape index (κ3) is 2.46. The topological polar surface area (TPSA) is 36.4 Å². The van der Waals surface area contributed by atoms with Crippen LogP contribution in [0.4, 0.5) is 5.69 Å². The highest BCUT2D eigenvalue weighted by Crippen LogP contribution is 2.26. The monoisotopic (exact) mass is 244 g/mol. The molecule has 0 atom stereocenters. The molecule has 0 saturated carbocycles. The van der Waals surface area contributed by atoms with Crippen LogP contribution in [0.15, 0.2) is 30.3 Å². The van der Waals surface area contributed by atoms with Crippen LogP contribution in [0.5, 0.6) is 0 Å². The molecule has 1 heterocycles. The summed E-state index contributed by atoms with van der Waals surface area (Å²) >= 11 is 0. The van der Waals surface area contributed by atoms with Gasteiger partial charge in [-0.1, -0.05) is 25.1 Å². The number of rotatable bonds is 5. The van der Waals surface area contributed by atoms with Crippen LogP contribution in [-0.4, -0.2) is 23.2 Å². The number of para-hydroxylation sites is 1. The standard InChI is InChI=1S/C15H20N2O/c1-3-9-17(4-2)15-10-12(11-18)16-14-8-6-5-7-13(14)15/h5-8,10,18H,3-4,9,11H2,1-2H3. The van der Waals surface area contributed by atoms with Crippen LogP contribution in [0.2, 0.25) is 0 Å². The number of aliphatic hydroxyl groups excluding tert-OH is 1. The molecule has 0 unspecified atom stereocenters. The summed E-state index contributed by atoms with van der Waals surface area (Å²) in [6, 6.07) is 10.1. The molecule has 0 aliphatic rings. The molecule has 3 heteroatoms. The molecule has 1 aromatic heterocycles. The number of nitrogens with zero attached hydrogens (tertiary/aromatic N) is 2. The van der Waals surface area contributed by atoms with Gasteiger partial charge < -0.3 is 10.0 Å². The lowest BCUT2D eigenvalue weighted by molar-refractivity contribution is 0.277. The van der Waals surface area contributed by atoms with Crippen molar-refractivity contribution in [1.29, 1.82) is 0 Å². The zero-order chi connectivity index (χ0) is 13.0. The first-order valence-corrected chi connectivity index (χ1v) is 6.54. The number of hydrogen-bond acceptors (Lipinski definition) is 3. The van der Waals surface area contributed by atoms with Crippen LogP contribution >= 0.6 is 0 Å². The van der Waals surface area contributed by atoms with Crippen LogP contribution < -0.4 is 4.90 Å². The Morgan fingerprint density at radius 1 is 1.22 bits per heavy atom. The molecule has 0 fully saturated rings. The highest BCUT2D eigenvalue weighted by molar-refractivity contribution is 5.91. The van der Waals surface area contributed by atoms with E-state index < -0.39 is 0 Å². The highest BCUT2D eigenvalue weighted by Gasteiger charge is 2.10. The molecule has 0 amide bonds. The molecule has 1 aromatic carbocycles. The fourth-order valence-corrected chi connectivity index (χ4v) is 2.27. The van der Waals surface area contributed by atoms with E-state index in [0.29, 0.717) is 0 Å². The Hall–Kier alpha value is -1.61. The van der Waals surface area contributed by atoms with E-state index in [1.807, 2.05) is 24.3 Å². The fourth-order valence-electron chi connectivity index (χ4n) is 2.27. The van der Waals surface area contributed by atoms with E-state index >= 15 is 0 Å². The summed E-state index contributed by atoms with van der Waals surface area (Å²) < 4.78 is 0. The first-order valence-electron chi connectivity index (χ1n) is 6.54. The van der Waals surface area contributed by atoms with Gasteiger partial charge in [0.25, 0.3) is 0 Å². The van der Waals surface area contributed by atoms with Crippen LogP contribution in [-0.2, 0) is 6.61 Å². The average molecular weight is 244 g/mol. The molecular weight excluding hydrogens is 224 g/mol. The van der Waals surface area contributed by atoms with Crippen molar-refractivity contribution in [3.05, 3.63) is 36.0 Å². The molecule has 0 aliphatic heterocycles. The number of aliphatic hydroxyl groups is 1. The summed E-state index contributed by atoms with van der Waals surface area (Å²) in [5.74, 6) is 0. The number of anilines is 1. The molecule has 2 aromatic rings. The Morgan fingerprint density at radius 3 is 2.67 bits per heavy atom. The van der Waals surface area contributed by atoms with Crippen molar-refractivity contribution < 1.29 is 5.11 Å². The van der Waals surface area contributed by atoms with Crippen molar-refractivity contribution in [2.75, 3.05) is 18.0 Å². The van der Waals surface area contributed by atoms with E-state index in [2.05, 4.69) is 29.8 Å². The smallest absolute Gasteiger partial charge is 0.0854 e. The molecule has 0 spiro atoms. The van der Waals surface area contributed by atoms with Crippen LogP contribution in [0, 0.1) is 0 Å². The second kappa shape index (κ2) is 5.83. The number of fused-ring (bicyclic) bond motifs is 1. The summed E-state index contributed by atoms with van der Waals surface area (Å²) in [7, 11) is 0. The first-order chi connectivity index (χ1) is 8.80. The van der Waals surface area contributed by atoms with Gasteiger partial charge in [0.15, 0.2) is 0 Å². The first kappa shape index (κ1) is 12.8. The molecule has 1 N–H and O–H groups in total. The lowest BCUT2D eigenvalue weighted by Crippen LogP contribution is -2.24. The van der Waals surface area contributed by atoms with Gasteiger partial charge in [0.05, 0.1) is 17.8 Å². The van der Waals surface area contributed by atoms with Crippen molar-refractivity contribution in [2.24, 2.45) is 0 Å². The maximum atomic E-state index is 9.32. The quantitative estimate of drug-likeness (QED) is 0.878. The number of aromatic nitrogens is 1. The Balaban J connectivity index is 2.58. The van der Waals surface area contributed by atoms with E-state index in [0.717, 1.165) is 36.1 Å². The van der Waals surface area contributed by atoms with E-state index in [1.165, 1.54) is 5.69 Å². The second-order valence-electron chi connectivity index (χ2n) is 4.39. The van der Waals surface area contributed by atoms with Crippen LogP contribution in [0.1, 0.15) is 26.0 Å². The van der Waals surface area contributed by atoms with Gasteiger partial charge in [-0.3, -0.25) is 4.98 Å². The normalized spacial score (nSPS) is 10.8. The highest BCUT2D eigenvalue weighted by atomic mass is 16.3. The van der Waals surface area contributed by atoms with E-state index in [1.54, 1.807) is 0 Å². The zero-order valence-electron chi connectivity index (χ0n) is 11.1. The number of benzene rings is 1. The molecule has 96 valence electrons. The predicted octanol–water partition coefficient (Wildman–Crippen LogP) is 2.96. The van der Waals surface area contributed by atoms with Gasteiger partial charge >= 0.3 is 0 Å². The van der Waals surface area contributed by atoms with Gasteiger partial charge in [-0.15, -0.1) is 0 Å². The van der Waals surface area contributed by atoms with E-state index in [9.17, 15) is 5.11 Å². The Kier molecular flexibility index (Phi) is 4.15. The third-order valence-electron chi connectivity index (χ3n) is 3.13. The van der Waals surface area contributed by atoms with Gasteiger partial charge in [0, 0.05) is 24.2 Å². The lowest BCUT2D eigenvalue weighted by atomic mass is 10.1. The van der Waals surface area contributed by atoms with Crippen molar-refractivity contribution in [3.8, 4) is 0 Å². The zero-order valence-corrected chi connectivity index (χ0v) is 11.1. The van der Waals surface area contributed by atoms with Gasteiger partial charge in [-0.05, 0) is 25.5 Å². The minimum absolute atomic E-state index is 0.0124. The molecule has 2 rings (SSSR count). The number of pyridine rings is 1. The average Bonchev–Trinajstić information content (AvgIpc) is 2.43.